The van der Waals surface area contributed by atoms with Crippen LogP contribution in [0.3, 0.4) is 0 Å². The van der Waals surface area contributed by atoms with Crippen LogP contribution in [-0.2, 0) is 16.1 Å². The maximum atomic E-state index is 13.4. The van der Waals surface area contributed by atoms with Crippen molar-refractivity contribution in [2.75, 3.05) is 18.5 Å². The summed E-state index contributed by atoms with van der Waals surface area (Å²) in [7, 11) is 0. The van der Waals surface area contributed by atoms with Gasteiger partial charge in [-0.3, -0.25) is 0 Å². The average Bonchev–Trinajstić information content (AvgIpc) is 2.61. The van der Waals surface area contributed by atoms with E-state index in [1.54, 1.807) is 17.1 Å². The van der Waals surface area contributed by atoms with Crippen molar-refractivity contribution < 1.29 is 13.9 Å². The van der Waals surface area contributed by atoms with Crippen molar-refractivity contribution in [2.24, 2.45) is 0 Å². The number of halogens is 1. The largest absolute Gasteiger partial charge is 0.375 e. The zero-order valence-electron chi connectivity index (χ0n) is 13.0. The fourth-order valence-electron chi connectivity index (χ4n) is 2.52. The molecule has 2 aromatic rings. The monoisotopic (exact) mass is 327 g/mol. The Labute approximate surface area is 139 Å². The number of hydrogen-bond acceptors (Lipinski definition) is 5. The average molecular weight is 327 g/mol. The number of hydrazine groups is 1. The van der Waals surface area contributed by atoms with E-state index in [2.05, 4.69) is 10.7 Å². The number of benzene rings is 2. The smallest absolute Gasteiger partial charge is 0.178 e. The summed E-state index contributed by atoms with van der Waals surface area (Å²) < 4.78 is 19.3. The van der Waals surface area contributed by atoms with Gasteiger partial charge in [-0.2, -0.15) is 5.01 Å². The van der Waals surface area contributed by atoms with Crippen molar-refractivity contribution >= 4 is 11.6 Å². The topological polar surface area (TPSA) is 53.6 Å². The maximum Gasteiger partial charge on any atom is 0.178 e. The van der Waals surface area contributed by atoms with E-state index >= 15 is 0 Å². The lowest BCUT2D eigenvalue weighted by molar-refractivity contribution is -0.0450. The molecule has 3 rings (SSSR count). The summed E-state index contributed by atoms with van der Waals surface area (Å²) in [5.41, 5.74) is 5.01. The fraction of sp³-hybridized carbons (Fsp3) is 0.222. The van der Waals surface area contributed by atoms with Crippen LogP contribution >= 0.6 is 0 Å². The van der Waals surface area contributed by atoms with Gasteiger partial charge in [0.05, 0.1) is 12.3 Å². The van der Waals surface area contributed by atoms with Crippen molar-refractivity contribution in [3.05, 3.63) is 71.7 Å². The van der Waals surface area contributed by atoms with Crippen LogP contribution in [0.5, 0.6) is 0 Å². The van der Waals surface area contributed by atoms with E-state index in [1.165, 1.54) is 12.1 Å². The summed E-state index contributed by atoms with van der Waals surface area (Å²) >= 11 is 0. The first-order valence-corrected chi connectivity index (χ1v) is 7.69. The molecule has 0 aromatic heterocycles. The molecular formula is C18H18FN3O2. The highest BCUT2D eigenvalue weighted by Crippen LogP contribution is 2.18. The molecule has 0 saturated carbocycles. The summed E-state index contributed by atoms with van der Waals surface area (Å²) in [6, 6.07) is 15.8. The predicted molar refractivity (Wildman–Crippen MR) is 89.0 cm³/mol. The summed E-state index contributed by atoms with van der Waals surface area (Å²) in [4.78, 5) is 11.2. The first kappa shape index (κ1) is 16.2. The molecule has 1 aliphatic heterocycles. The van der Waals surface area contributed by atoms with Crippen LogP contribution in [0, 0.1) is 5.82 Å². The molecule has 1 aliphatic rings. The van der Waals surface area contributed by atoms with Gasteiger partial charge in [0.2, 0.25) is 0 Å². The van der Waals surface area contributed by atoms with Crippen LogP contribution in [0.15, 0.2) is 60.3 Å². The van der Waals surface area contributed by atoms with Crippen molar-refractivity contribution in [1.29, 1.82) is 0 Å². The third-order valence-corrected chi connectivity index (χ3v) is 3.66. The van der Waals surface area contributed by atoms with Crippen molar-refractivity contribution in [3.8, 4) is 0 Å². The van der Waals surface area contributed by atoms with Gasteiger partial charge in [-0.15, -0.1) is 0 Å². The Morgan fingerprint density at radius 3 is 2.83 bits per heavy atom. The second kappa shape index (κ2) is 7.75. The Morgan fingerprint density at radius 1 is 1.25 bits per heavy atom. The van der Waals surface area contributed by atoms with Crippen LogP contribution in [-0.4, -0.2) is 30.3 Å². The van der Waals surface area contributed by atoms with Crippen LogP contribution in [0.25, 0.3) is 0 Å². The number of piperazine rings is 1. The van der Waals surface area contributed by atoms with E-state index < -0.39 is 6.23 Å². The SMILES string of the molecule is O=C=C1NCCN(Nc2cccc(F)c2)C1OCc1ccccc1. The Balaban J connectivity index is 1.73. The number of nitrogens with zero attached hydrogens (tertiary/aromatic N) is 1. The third-order valence-electron chi connectivity index (χ3n) is 3.66. The van der Waals surface area contributed by atoms with E-state index in [0.717, 1.165) is 5.56 Å². The lowest BCUT2D eigenvalue weighted by Crippen LogP contribution is -2.53. The molecule has 124 valence electrons. The summed E-state index contributed by atoms with van der Waals surface area (Å²) in [5.74, 6) is 1.56. The second-order valence-corrected chi connectivity index (χ2v) is 5.41. The van der Waals surface area contributed by atoms with Crippen LogP contribution in [0.4, 0.5) is 10.1 Å². The van der Waals surface area contributed by atoms with Crippen LogP contribution in [0.2, 0.25) is 0 Å². The van der Waals surface area contributed by atoms with Gasteiger partial charge in [-0.05, 0) is 23.8 Å². The van der Waals surface area contributed by atoms with Gasteiger partial charge >= 0.3 is 0 Å². The molecule has 1 fully saturated rings. The zero-order chi connectivity index (χ0) is 16.8. The molecule has 24 heavy (non-hydrogen) atoms. The van der Waals surface area contributed by atoms with E-state index in [0.29, 0.717) is 31.1 Å². The highest BCUT2D eigenvalue weighted by molar-refractivity contribution is 5.54. The van der Waals surface area contributed by atoms with Crippen LogP contribution < -0.4 is 10.7 Å². The van der Waals surface area contributed by atoms with E-state index in [1.807, 2.05) is 36.3 Å². The van der Waals surface area contributed by atoms with E-state index in [-0.39, 0.29) is 5.82 Å². The minimum Gasteiger partial charge on any atom is -0.375 e. The van der Waals surface area contributed by atoms with Crippen molar-refractivity contribution in [3.63, 3.8) is 0 Å². The highest BCUT2D eigenvalue weighted by Gasteiger charge is 2.28. The quantitative estimate of drug-likeness (QED) is 0.826. The predicted octanol–water partition coefficient (Wildman–Crippen LogP) is 2.32. The molecule has 0 bridgehead atoms. The van der Waals surface area contributed by atoms with Gasteiger partial charge < -0.3 is 15.5 Å². The van der Waals surface area contributed by atoms with E-state index in [4.69, 9.17) is 4.74 Å². The first-order valence-electron chi connectivity index (χ1n) is 7.69. The van der Waals surface area contributed by atoms with Gasteiger partial charge in [-0.25, -0.2) is 9.18 Å². The standard InChI is InChI=1S/C18H18FN3O2/c19-15-7-4-8-16(11-15)21-22-10-9-20-17(12-23)18(22)24-13-14-5-2-1-3-6-14/h1-8,11,18,20-21H,9-10,13H2. The molecule has 2 aromatic carbocycles. The van der Waals surface area contributed by atoms with Gasteiger partial charge in [0.25, 0.3) is 0 Å². The molecule has 0 aliphatic carbocycles. The van der Waals surface area contributed by atoms with Crippen molar-refractivity contribution in [2.45, 2.75) is 12.8 Å². The van der Waals surface area contributed by atoms with E-state index in [9.17, 15) is 9.18 Å². The number of ether oxygens (including phenoxy) is 1. The lowest BCUT2D eigenvalue weighted by atomic mass is 10.2. The molecule has 1 atom stereocenters. The number of carbonyl (C=O) groups excluding carboxylic acids is 1. The first-order chi connectivity index (χ1) is 11.8. The molecule has 0 spiro atoms. The number of anilines is 1. The normalized spacial score (nSPS) is 17.9. The lowest BCUT2D eigenvalue weighted by Gasteiger charge is -2.36. The number of nitrogens with one attached hydrogen (secondary N) is 2. The number of rotatable bonds is 5. The molecular weight excluding hydrogens is 309 g/mol. The molecule has 6 heteroatoms. The molecule has 0 amide bonds. The van der Waals surface area contributed by atoms with Gasteiger partial charge in [0.1, 0.15) is 17.5 Å². The van der Waals surface area contributed by atoms with Gasteiger partial charge in [0.15, 0.2) is 6.23 Å². The Morgan fingerprint density at radius 2 is 2.08 bits per heavy atom. The molecule has 1 saturated heterocycles. The van der Waals surface area contributed by atoms with Crippen molar-refractivity contribution in [1.82, 2.24) is 10.3 Å². The molecule has 1 heterocycles. The Bertz CT molecular complexity index is 732. The van der Waals surface area contributed by atoms with Crippen LogP contribution in [0.1, 0.15) is 5.56 Å². The molecule has 2 N–H and O–H groups in total. The summed E-state index contributed by atoms with van der Waals surface area (Å²) in [6.45, 7) is 1.50. The number of hydrogen-bond donors (Lipinski definition) is 2. The minimum absolute atomic E-state index is 0.320. The molecule has 0 radical (unpaired) electrons. The second-order valence-electron chi connectivity index (χ2n) is 5.41. The highest BCUT2D eigenvalue weighted by atomic mass is 19.1. The Kier molecular flexibility index (Phi) is 5.23. The zero-order valence-corrected chi connectivity index (χ0v) is 13.0. The minimum atomic E-state index is -0.625. The third kappa shape index (κ3) is 4.00. The van der Waals surface area contributed by atoms with Gasteiger partial charge in [-0.1, -0.05) is 36.4 Å². The molecule has 5 nitrogen and oxygen atoms in total. The summed E-state index contributed by atoms with van der Waals surface area (Å²) in [5, 5.41) is 4.75. The Hall–Kier alpha value is -2.66. The van der Waals surface area contributed by atoms with Gasteiger partial charge in [0, 0.05) is 13.1 Å². The molecule has 1 unspecified atom stereocenters. The maximum absolute atomic E-state index is 13.4. The fourth-order valence-corrected chi connectivity index (χ4v) is 2.52. The summed E-state index contributed by atoms with van der Waals surface area (Å²) in [6.07, 6.45) is -0.625.